The molecule has 0 bridgehead atoms. The number of ether oxygens (including phenoxy) is 1. The summed E-state index contributed by atoms with van der Waals surface area (Å²) in [6.07, 6.45) is 5.00. The molecule has 1 fully saturated rings. The monoisotopic (exact) mass is 187 g/mol. The average molecular weight is 187 g/mol. The Morgan fingerprint density at radius 1 is 1.64 bits per heavy atom. The largest absolute Gasteiger partial charge is 0.377 e. The van der Waals surface area contributed by atoms with Gasteiger partial charge in [0.2, 0.25) is 0 Å². The molecule has 72 valence electrons. The second-order valence-corrected chi connectivity index (χ2v) is 3.35. The highest BCUT2D eigenvalue weighted by molar-refractivity contribution is 5.33. The normalized spacial score (nSPS) is 23.8. The maximum absolute atomic E-state index is 5.44. The third kappa shape index (κ3) is 2.34. The number of nitrogens with zero attached hydrogens (tertiary/aromatic N) is 1. The Kier molecular flexibility index (Phi) is 2.81. The van der Waals surface area contributed by atoms with E-state index >= 15 is 0 Å². The molecule has 0 spiro atoms. The molecule has 0 N–H and O–H groups in total. The van der Waals surface area contributed by atoms with Crippen LogP contribution in [-0.4, -0.2) is 17.7 Å². The summed E-state index contributed by atoms with van der Waals surface area (Å²) in [6.45, 7) is 2.81. The van der Waals surface area contributed by atoms with E-state index in [1.807, 2.05) is 19.1 Å². The number of aromatic nitrogens is 1. The first kappa shape index (κ1) is 9.23. The van der Waals surface area contributed by atoms with Crippen LogP contribution in [0.5, 0.6) is 0 Å². The average Bonchev–Trinajstić information content (AvgIpc) is 2.96. The number of pyridine rings is 1. The minimum atomic E-state index is 0.379. The Morgan fingerprint density at radius 2 is 2.57 bits per heavy atom. The van der Waals surface area contributed by atoms with Crippen LogP contribution in [0.3, 0.4) is 0 Å². The van der Waals surface area contributed by atoms with E-state index in [1.54, 1.807) is 12.4 Å². The Bertz CT molecular complexity index is 350. The number of rotatable bonds is 2. The first-order chi connectivity index (χ1) is 6.90. The summed E-state index contributed by atoms with van der Waals surface area (Å²) in [4.78, 5) is 4.00. The summed E-state index contributed by atoms with van der Waals surface area (Å²) < 4.78 is 5.44. The molecule has 2 heteroatoms. The van der Waals surface area contributed by atoms with Crippen molar-refractivity contribution >= 4 is 0 Å². The summed E-state index contributed by atoms with van der Waals surface area (Å²) in [5.74, 6) is 6.74. The van der Waals surface area contributed by atoms with Gasteiger partial charge in [-0.1, -0.05) is 11.8 Å². The molecule has 1 aromatic heterocycles. The van der Waals surface area contributed by atoms with E-state index in [0.717, 1.165) is 18.6 Å². The molecule has 2 nitrogen and oxygen atoms in total. The fourth-order valence-electron chi connectivity index (χ4n) is 1.33. The van der Waals surface area contributed by atoms with Gasteiger partial charge in [-0.25, -0.2) is 0 Å². The predicted molar refractivity (Wildman–Crippen MR) is 54.6 cm³/mol. The fourth-order valence-corrected chi connectivity index (χ4v) is 1.33. The van der Waals surface area contributed by atoms with Crippen LogP contribution in [0.4, 0.5) is 0 Å². The van der Waals surface area contributed by atoms with Crippen LogP contribution in [0, 0.1) is 17.8 Å². The van der Waals surface area contributed by atoms with Crippen molar-refractivity contribution in [3.63, 3.8) is 0 Å². The minimum Gasteiger partial charge on any atom is -0.377 e. The molecule has 0 amide bonds. The summed E-state index contributed by atoms with van der Waals surface area (Å²) in [5, 5.41) is 0. The smallest absolute Gasteiger partial charge is 0.0726 e. The molecule has 2 atom stereocenters. The van der Waals surface area contributed by atoms with Gasteiger partial charge in [-0.3, -0.25) is 4.98 Å². The molecule has 14 heavy (non-hydrogen) atoms. The molecule has 1 aliphatic carbocycles. The van der Waals surface area contributed by atoms with Crippen LogP contribution >= 0.6 is 0 Å². The van der Waals surface area contributed by atoms with Gasteiger partial charge in [-0.05, 0) is 25.5 Å². The van der Waals surface area contributed by atoms with Crippen molar-refractivity contribution < 1.29 is 4.74 Å². The van der Waals surface area contributed by atoms with Crippen molar-refractivity contribution in [3.05, 3.63) is 30.1 Å². The van der Waals surface area contributed by atoms with E-state index in [9.17, 15) is 0 Å². The van der Waals surface area contributed by atoms with E-state index in [4.69, 9.17) is 4.74 Å². The van der Waals surface area contributed by atoms with Gasteiger partial charge >= 0.3 is 0 Å². The van der Waals surface area contributed by atoms with E-state index in [0.29, 0.717) is 12.0 Å². The van der Waals surface area contributed by atoms with E-state index in [1.165, 1.54) is 0 Å². The Balaban J connectivity index is 1.90. The molecule has 0 unspecified atom stereocenters. The molecule has 1 aliphatic rings. The lowest BCUT2D eigenvalue weighted by Crippen LogP contribution is -1.94. The van der Waals surface area contributed by atoms with Crippen molar-refractivity contribution in [3.8, 4) is 11.8 Å². The molecule has 1 heterocycles. The van der Waals surface area contributed by atoms with Crippen molar-refractivity contribution in [2.75, 3.05) is 6.61 Å². The zero-order valence-corrected chi connectivity index (χ0v) is 8.23. The van der Waals surface area contributed by atoms with Crippen LogP contribution in [0.1, 0.15) is 18.9 Å². The minimum absolute atomic E-state index is 0.379. The van der Waals surface area contributed by atoms with E-state index in [2.05, 4.69) is 16.8 Å². The molecule has 1 saturated carbocycles. The van der Waals surface area contributed by atoms with Gasteiger partial charge in [0.25, 0.3) is 0 Å². The highest BCUT2D eigenvalue weighted by Gasteiger charge is 2.36. The molecule has 0 saturated heterocycles. The third-order valence-corrected chi connectivity index (χ3v) is 2.18. The molecule has 0 aromatic carbocycles. The standard InChI is InChI=1S/C12H13NO/c1-2-14-12-8-11(12)6-5-10-4-3-7-13-9-10/h3-4,7,9,11-12H,2,8H2,1H3/t11-,12-/m0/s1. The molecule has 0 aliphatic heterocycles. The predicted octanol–water partition coefficient (Wildman–Crippen LogP) is 1.86. The summed E-state index contributed by atoms with van der Waals surface area (Å²) in [7, 11) is 0. The molecule has 0 radical (unpaired) electrons. The van der Waals surface area contributed by atoms with Crippen LogP contribution in [-0.2, 0) is 4.74 Å². The van der Waals surface area contributed by atoms with Crippen LogP contribution in [0.2, 0.25) is 0 Å². The van der Waals surface area contributed by atoms with Crippen LogP contribution in [0.15, 0.2) is 24.5 Å². The fraction of sp³-hybridized carbons (Fsp3) is 0.417. The zero-order valence-electron chi connectivity index (χ0n) is 8.23. The van der Waals surface area contributed by atoms with Gasteiger partial charge in [-0.2, -0.15) is 0 Å². The Labute approximate surface area is 84.3 Å². The van der Waals surface area contributed by atoms with Gasteiger partial charge in [0, 0.05) is 30.5 Å². The van der Waals surface area contributed by atoms with Gasteiger partial charge in [0.05, 0.1) is 6.10 Å². The van der Waals surface area contributed by atoms with Crippen molar-refractivity contribution in [2.45, 2.75) is 19.4 Å². The maximum atomic E-state index is 5.44. The second-order valence-electron chi connectivity index (χ2n) is 3.35. The lowest BCUT2D eigenvalue weighted by Gasteiger charge is -1.92. The number of hydrogen-bond acceptors (Lipinski definition) is 2. The van der Waals surface area contributed by atoms with Gasteiger partial charge in [-0.15, -0.1) is 0 Å². The Morgan fingerprint density at radius 3 is 3.29 bits per heavy atom. The van der Waals surface area contributed by atoms with Gasteiger partial charge < -0.3 is 4.74 Å². The summed E-state index contributed by atoms with van der Waals surface area (Å²) in [6, 6.07) is 3.87. The lowest BCUT2D eigenvalue weighted by atomic mass is 10.3. The molecule has 2 rings (SSSR count). The van der Waals surface area contributed by atoms with Crippen LogP contribution < -0.4 is 0 Å². The van der Waals surface area contributed by atoms with E-state index in [-0.39, 0.29) is 0 Å². The first-order valence-electron chi connectivity index (χ1n) is 4.93. The van der Waals surface area contributed by atoms with Crippen LogP contribution in [0.25, 0.3) is 0 Å². The highest BCUT2D eigenvalue weighted by atomic mass is 16.5. The molecular weight excluding hydrogens is 174 g/mol. The molecule has 1 aromatic rings. The van der Waals surface area contributed by atoms with Crippen molar-refractivity contribution in [1.82, 2.24) is 4.98 Å². The first-order valence-corrected chi connectivity index (χ1v) is 4.93. The Hall–Kier alpha value is -1.33. The summed E-state index contributed by atoms with van der Waals surface area (Å²) >= 11 is 0. The molecular formula is C12H13NO. The van der Waals surface area contributed by atoms with Gasteiger partial charge in [0.15, 0.2) is 0 Å². The highest BCUT2D eigenvalue weighted by Crippen LogP contribution is 2.32. The van der Waals surface area contributed by atoms with Gasteiger partial charge in [0.1, 0.15) is 0 Å². The maximum Gasteiger partial charge on any atom is 0.0726 e. The quantitative estimate of drug-likeness (QED) is 0.659. The lowest BCUT2D eigenvalue weighted by molar-refractivity contribution is 0.127. The second kappa shape index (κ2) is 4.26. The summed E-state index contributed by atoms with van der Waals surface area (Å²) in [5.41, 5.74) is 0.981. The van der Waals surface area contributed by atoms with Crippen molar-refractivity contribution in [1.29, 1.82) is 0 Å². The number of hydrogen-bond donors (Lipinski definition) is 0. The van der Waals surface area contributed by atoms with Crippen molar-refractivity contribution in [2.24, 2.45) is 5.92 Å². The third-order valence-electron chi connectivity index (χ3n) is 2.18. The van der Waals surface area contributed by atoms with E-state index < -0.39 is 0 Å². The zero-order chi connectivity index (χ0) is 9.80. The SMILES string of the molecule is CCO[C@H]1C[C@@H]1C#Cc1cccnc1. The topological polar surface area (TPSA) is 22.1 Å².